The maximum atomic E-state index is 8.70. The van der Waals surface area contributed by atoms with Crippen LogP contribution in [0, 0.1) is 11.8 Å². The van der Waals surface area contributed by atoms with Crippen molar-refractivity contribution in [1.82, 2.24) is 0 Å². The third-order valence-electron chi connectivity index (χ3n) is 3.03. The van der Waals surface area contributed by atoms with Gasteiger partial charge in [-0.1, -0.05) is 37.8 Å². The third-order valence-corrected chi connectivity index (χ3v) is 3.94. The van der Waals surface area contributed by atoms with Crippen LogP contribution in [0.2, 0.25) is 0 Å². The second-order valence-corrected chi connectivity index (χ2v) is 6.09. The highest BCUT2D eigenvalue weighted by Crippen LogP contribution is 2.22. The molecule has 0 bridgehead atoms. The molecule has 0 saturated heterocycles. The SMILES string of the molecule is CC(C)c1cccc(OCc2cc(C#CCCO)cs2)c1. The number of hydrogen-bond donors (Lipinski definition) is 1. The Labute approximate surface area is 130 Å². The van der Waals surface area contributed by atoms with Crippen molar-refractivity contribution in [3.05, 3.63) is 51.7 Å². The number of benzene rings is 1. The fourth-order valence-corrected chi connectivity index (χ4v) is 2.59. The average molecular weight is 300 g/mol. The number of aliphatic hydroxyl groups is 1. The molecule has 0 atom stereocenters. The van der Waals surface area contributed by atoms with Crippen LogP contribution < -0.4 is 4.74 Å². The summed E-state index contributed by atoms with van der Waals surface area (Å²) in [6.45, 7) is 5.03. The molecule has 0 radical (unpaired) electrons. The quantitative estimate of drug-likeness (QED) is 0.839. The summed E-state index contributed by atoms with van der Waals surface area (Å²) in [5.74, 6) is 7.37. The van der Waals surface area contributed by atoms with Crippen LogP contribution in [-0.4, -0.2) is 11.7 Å². The molecule has 2 nitrogen and oxygen atoms in total. The van der Waals surface area contributed by atoms with Gasteiger partial charge in [-0.25, -0.2) is 0 Å². The van der Waals surface area contributed by atoms with Crippen LogP contribution in [0.4, 0.5) is 0 Å². The van der Waals surface area contributed by atoms with Gasteiger partial charge in [-0.2, -0.15) is 0 Å². The molecule has 0 fully saturated rings. The van der Waals surface area contributed by atoms with E-state index in [0.717, 1.165) is 16.2 Å². The van der Waals surface area contributed by atoms with Gasteiger partial charge in [0, 0.05) is 22.2 Å². The number of rotatable bonds is 5. The maximum Gasteiger partial charge on any atom is 0.122 e. The predicted molar refractivity (Wildman–Crippen MR) is 87.8 cm³/mol. The van der Waals surface area contributed by atoms with E-state index in [0.29, 0.717) is 18.9 Å². The zero-order valence-electron chi connectivity index (χ0n) is 12.4. The van der Waals surface area contributed by atoms with Crippen LogP contribution in [0.15, 0.2) is 35.7 Å². The second-order valence-electron chi connectivity index (χ2n) is 5.09. The highest BCUT2D eigenvalue weighted by molar-refractivity contribution is 7.10. The first-order valence-corrected chi connectivity index (χ1v) is 7.97. The first-order chi connectivity index (χ1) is 10.2. The summed E-state index contributed by atoms with van der Waals surface area (Å²) in [6.07, 6.45) is 0.518. The molecule has 1 aromatic carbocycles. The number of aliphatic hydroxyl groups excluding tert-OH is 1. The van der Waals surface area contributed by atoms with E-state index in [2.05, 4.69) is 37.8 Å². The molecule has 0 saturated carbocycles. The minimum absolute atomic E-state index is 0.110. The Balaban J connectivity index is 1.94. The summed E-state index contributed by atoms with van der Waals surface area (Å²) in [4.78, 5) is 1.15. The molecule has 1 heterocycles. The van der Waals surface area contributed by atoms with Crippen molar-refractivity contribution in [2.24, 2.45) is 0 Å². The lowest BCUT2D eigenvalue weighted by atomic mass is 10.0. The highest BCUT2D eigenvalue weighted by Gasteiger charge is 2.03. The van der Waals surface area contributed by atoms with E-state index in [1.54, 1.807) is 11.3 Å². The van der Waals surface area contributed by atoms with E-state index < -0.39 is 0 Å². The Bertz CT molecular complexity index is 632. The van der Waals surface area contributed by atoms with Crippen LogP contribution in [0.1, 0.15) is 42.2 Å². The van der Waals surface area contributed by atoms with Crippen LogP contribution in [0.5, 0.6) is 5.75 Å². The van der Waals surface area contributed by atoms with Crippen molar-refractivity contribution in [1.29, 1.82) is 0 Å². The predicted octanol–water partition coefficient (Wildman–Crippen LogP) is 4.18. The summed E-state index contributed by atoms with van der Waals surface area (Å²) in [5, 5.41) is 10.7. The monoisotopic (exact) mass is 300 g/mol. The molecule has 0 aliphatic heterocycles. The maximum absolute atomic E-state index is 8.70. The molecule has 0 spiro atoms. The Morgan fingerprint density at radius 1 is 1.29 bits per heavy atom. The topological polar surface area (TPSA) is 29.5 Å². The Hall–Kier alpha value is -1.76. The molecule has 1 aromatic heterocycles. The van der Waals surface area contributed by atoms with Gasteiger partial charge in [0.25, 0.3) is 0 Å². The van der Waals surface area contributed by atoms with Gasteiger partial charge in [0.2, 0.25) is 0 Å². The van der Waals surface area contributed by atoms with Gasteiger partial charge in [-0.3, -0.25) is 0 Å². The molecular weight excluding hydrogens is 280 g/mol. The van der Waals surface area contributed by atoms with Crippen molar-refractivity contribution < 1.29 is 9.84 Å². The molecule has 0 unspecified atom stereocenters. The normalized spacial score (nSPS) is 10.3. The second kappa shape index (κ2) is 7.87. The number of ether oxygens (including phenoxy) is 1. The lowest BCUT2D eigenvalue weighted by molar-refractivity contribution is 0.305. The zero-order chi connectivity index (χ0) is 15.1. The van der Waals surface area contributed by atoms with Crippen molar-refractivity contribution in [3.63, 3.8) is 0 Å². The van der Waals surface area contributed by atoms with E-state index in [1.165, 1.54) is 5.56 Å². The summed E-state index contributed by atoms with van der Waals surface area (Å²) in [7, 11) is 0. The Morgan fingerprint density at radius 2 is 2.14 bits per heavy atom. The largest absolute Gasteiger partial charge is 0.488 e. The van der Waals surface area contributed by atoms with Gasteiger partial charge in [-0.15, -0.1) is 11.3 Å². The van der Waals surface area contributed by atoms with Crippen LogP contribution in [0.3, 0.4) is 0 Å². The van der Waals surface area contributed by atoms with Gasteiger partial charge in [0.1, 0.15) is 12.4 Å². The van der Waals surface area contributed by atoms with E-state index in [1.807, 2.05) is 23.6 Å². The summed E-state index contributed by atoms with van der Waals surface area (Å²) < 4.78 is 5.84. The van der Waals surface area contributed by atoms with Gasteiger partial charge < -0.3 is 9.84 Å². The average Bonchev–Trinajstić information content (AvgIpc) is 2.94. The molecule has 0 aliphatic rings. The highest BCUT2D eigenvalue weighted by atomic mass is 32.1. The van der Waals surface area contributed by atoms with E-state index >= 15 is 0 Å². The van der Waals surface area contributed by atoms with E-state index in [-0.39, 0.29) is 6.61 Å². The minimum Gasteiger partial charge on any atom is -0.488 e. The van der Waals surface area contributed by atoms with Crippen molar-refractivity contribution >= 4 is 11.3 Å². The fourth-order valence-electron chi connectivity index (χ4n) is 1.86. The molecule has 1 N–H and O–H groups in total. The van der Waals surface area contributed by atoms with Crippen LogP contribution >= 0.6 is 11.3 Å². The molecule has 2 aromatic rings. The Kier molecular flexibility index (Phi) is 5.86. The first-order valence-electron chi connectivity index (χ1n) is 7.09. The molecule has 2 rings (SSSR count). The standard InChI is InChI=1S/C18H20O2S/c1-14(2)16-7-5-8-17(11-16)20-12-18-10-15(13-21-18)6-3-4-9-19/h5,7-8,10-11,13-14,19H,4,9,12H2,1-2H3. The fraction of sp³-hybridized carbons (Fsp3) is 0.333. The molecule has 0 amide bonds. The van der Waals surface area contributed by atoms with Crippen LogP contribution in [-0.2, 0) is 6.61 Å². The summed E-state index contributed by atoms with van der Waals surface area (Å²) in [5.41, 5.74) is 2.28. The molecule has 110 valence electrons. The van der Waals surface area contributed by atoms with Gasteiger partial charge >= 0.3 is 0 Å². The molecule has 3 heteroatoms. The van der Waals surface area contributed by atoms with Gasteiger partial charge in [-0.05, 0) is 29.7 Å². The molecular formula is C18H20O2S. The smallest absolute Gasteiger partial charge is 0.122 e. The van der Waals surface area contributed by atoms with Gasteiger partial charge in [0.05, 0.1) is 6.61 Å². The molecule has 21 heavy (non-hydrogen) atoms. The van der Waals surface area contributed by atoms with Gasteiger partial charge in [0.15, 0.2) is 0 Å². The van der Waals surface area contributed by atoms with Crippen molar-refractivity contribution in [2.75, 3.05) is 6.61 Å². The van der Waals surface area contributed by atoms with Crippen LogP contribution in [0.25, 0.3) is 0 Å². The van der Waals surface area contributed by atoms with Crippen molar-refractivity contribution in [3.8, 4) is 17.6 Å². The zero-order valence-corrected chi connectivity index (χ0v) is 13.2. The minimum atomic E-state index is 0.110. The lowest BCUT2D eigenvalue weighted by Crippen LogP contribution is -1.94. The van der Waals surface area contributed by atoms with E-state index in [9.17, 15) is 0 Å². The van der Waals surface area contributed by atoms with E-state index in [4.69, 9.17) is 9.84 Å². The molecule has 0 aliphatic carbocycles. The summed E-state index contributed by atoms with van der Waals surface area (Å²) >= 11 is 1.65. The number of thiophene rings is 1. The Morgan fingerprint density at radius 3 is 2.90 bits per heavy atom. The first kappa shape index (κ1) is 15.6. The summed E-state index contributed by atoms with van der Waals surface area (Å²) in [6, 6.07) is 10.3. The van der Waals surface area contributed by atoms with Crippen molar-refractivity contribution in [2.45, 2.75) is 32.8 Å². The number of hydrogen-bond acceptors (Lipinski definition) is 3. The third kappa shape index (κ3) is 4.93. The lowest BCUT2D eigenvalue weighted by Gasteiger charge is -2.09.